The van der Waals surface area contributed by atoms with Gasteiger partial charge in [-0.15, -0.1) is 11.3 Å². The van der Waals surface area contributed by atoms with E-state index in [1.807, 2.05) is 30.3 Å². The first-order valence-corrected chi connectivity index (χ1v) is 8.65. The van der Waals surface area contributed by atoms with Gasteiger partial charge in [-0.3, -0.25) is 9.59 Å². The zero-order valence-electron chi connectivity index (χ0n) is 14.3. The topological polar surface area (TPSA) is 84.5 Å². The van der Waals surface area contributed by atoms with Crippen LogP contribution < -0.4 is 10.6 Å². The summed E-state index contributed by atoms with van der Waals surface area (Å²) in [5.74, 6) is -1.16. The fourth-order valence-corrected chi connectivity index (χ4v) is 3.44. The Hall–Kier alpha value is -2.67. The number of carbonyl (C=O) groups is 3. The number of benzene rings is 1. The molecule has 0 spiro atoms. The molecule has 0 atom stereocenters. The van der Waals surface area contributed by atoms with Gasteiger partial charge in [0.05, 0.1) is 12.2 Å². The minimum atomic E-state index is -0.501. The second kappa shape index (κ2) is 8.43. The third-order valence-corrected chi connectivity index (χ3v) is 4.61. The zero-order chi connectivity index (χ0) is 18.4. The highest BCUT2D eigenvalue weighted by atomic mass is 32.1. The van der Waals surface area contributed by atoms with Gasteiger partial charge in [0.1, 0.15) is 9.88 Å². The van der Waals surface area contributed by atoms with E-state index >= 15 is 0 Å². The van der Waals surface area contributed by atoms with Gasteiger partial charge in [-0.2, -0.15) is 0 Å². The molecule has 0 aliphatic carbocycles. The number of hydrogen-bond acceptors (Lipinski definition) is 5. The van der Waals surface area contributed by atoms with Crippen molar-refractivity contribution in [2.24, 2.45) is 0 Å². The normalized spacial score (nSPS) is 10.2. The summed E-state index contributed by atoms with van der Waals surface area (Å²) in [6.07, 6.45) is 0. The van der Waals surface area contributed by atoms with Crippen molar-refractivity contribution in [3.8, 4) is 0 Å². The third-order valence-electron chi connectivity index (χ3n) is 3.42. The lowest BCUT2D eigenvalue weighted by atomic mass is 10.1. The average Bonchev–Trinajstić information content (AvgIpc) is 2.89. The van der Waals surface area contributed by atoms with Crippen LogP contribution in [0.25, 0.3) is 0 Å². The third kappa shape index (κ3) is 4.67. The SMILES string of the molecule is CCOC(=O)c1sc(NC(C)=O)c(C(=O)NCc2ccccc2)c1C. The second-order valence-corrected chi connectivity index (χ2v) is 6.35. The largest absolute Gasteiger partial charge is 0.462 e. The Balaban J connectivity index is 2.28. The van der Waals surface area contributed by atoms with Crippen LogP contribution in [0.15, 0.2) is 30.3 Å². The molecule has 6 nitrogen and oxygen atoms in total. The molecule has 25 heavy (non-hydrogen) atoms. The van der Waals surface area contributed by atoms with E-state index in [9.17, 15) is 14.4 Å². The molecule has 0 saturated heterocycles. The van der Waals surface area contributed by atoms with Gasteiger partial charge in [0.2, 0.25) is 5.91 Å². The van der Waals surface area contributed by atoms with E-state index in [1.165, 1.54) is 6.92 Å². The van der Waals surface area contributed by atoms with Crippen LogP contribution in [0.5, 0.6) is 0 Å². The number of hydrogen-bond donors (Lipinski definition) is 2. The molecular formula is C18H20N2O4S. The van der Waals surface area contributed by atoms with Gasteiger partial charge in [0, 0.05) is 13.5 Å². The fourth-order valence-electron chi connectivity index (χ4n) is 2.29. The maximum atomic E-state index is 12.6. The number of amides is 2. The van der Waals surface area contributed by atoms with Gasteiger partial charge < -0.3 is 15.4 Å². The van der Waals surface area contributed by atoms with Crippen LogP contribution in [0.3, 0.4) is 0 Å². The number of anilines is 1. The molecular weight excluding hydrogens is 340 g/mol. The predicted molar refractivity (Wildman–Crippen MR) is 96.9 cm³/mol. The summed E-state index contributed by atoms with van der Waals surface area (Å²) in [5, 5.41) is 5.79. The molecule has 2 rings (SSSR count). The summed E-state index contributed by atoms with van der Waals surface area (Å²) in [6.45, 7) is 5.32. The summed E-state index contributed by atoms with van der Waals surface area (Å²) in [6, 6.07) is 9.48. The average molecular weight is 360 g/mol. The van der Waals surface area contributed by atoms with Gasteiger partial charge in [-0.05, 0) is 25.0 Å². The Morgan fingerprint density at radius 1 is 1.16 bits per heavy atom. The highest BCUT2D eigenvalue weighted by Crippen LogP contribution is 2.33. The van der Waals surface area contributed by atoms with Crippen LogP contribution in [-0.2, 0) is 16.1 Å². The van der Waals surface area contributed by atoms with Crippen molar-refractivity contribution in [2.75, 3.05) is 11.9 Å². The van der Waals surface area contributed by atoms with Crippen LogP contribution in [0.1, 0.15) is 45.0 Å². The van der Waals surface area contributed by atoms with Crippen molar-refractivity contribution in [3.05, 3.63) is 51.9 Å². The lowest BCUT2D eigenvalue weighted by Gasteiger charge is -2.08. The Morgan fingerprint density at radius 3 is 2.44 bits per heavy atom. The first-order valence-electron chi connectivity index (χ1n) is 7.84. The molecule has 2 amide bonds. The lowest BCUT2D eigenvalue weighted by molar-refractivity contribution is -0.114. The smallest absolute Gasteiger partial charge is 0.348 e. The van der Waals surface area contributed by atoms with Crippen molar-refractivity contribution in [3.63, 3.8) is 0 Å². The van der Waals surface area contributed by atoms with Gasteiger partial charge in [-0.25, -0.2) is 4.79 Å². The van der Waals surface area contributed by atoms with Crippen LogP contribution in [0.4, 0.5) is 5.00 Å². The molecule has 1 aromatic heterocycles. The van der Waals surface area contributed by atoms with Crippen LogP contribution in [-0.4, -0.2) is 24.4 Å². The first kappa shape index (κ1) is 18.7. The summed E-state index contributed by atoms with van der Waals surface area (Å²) in [7, 11) is 0. The van der Waals surface area contributed by atoms with E-state index in [4.69, 9.17) is 4.74 Å². The summed E-state index contributed by atoms with van der Waals surface area (Å²) in [5.41, 5.74) is 1.74. The molecule has 2 N–H and O–H groups in total. The van der Waals surface area contributed by atoms with Crippen molar-refractivity contribution in [2.45, 2.75) is 27.3 Å². The van der Waals surface area contributed by atoms with Crippen molar-refractivity contribution >= 4 is 34.1 Å². The zero-order valence-corrected chi connectivity index (χ0v) is 15.2. The Labute approximate surface area is 150 Å². The second-order valence-electron chi connectivity index (χ2n) is 5.33. The van der Waals surface area contributed by atoms with Gasteiger partial charge >= 0.3 is 5.97 Å². The molecule has 0 bridgehead atoms. The monoisotopic (exact) mass is 360 g/mol. The highest BCUT2D eigenvalue weighted by molar-refractivity contribution is 7.18. The minimum Gasteiger partial charge on any atom is -0.462 e. The molecule has 0 aliphatic heterocycles. The number of esters is 1. The number of ether oxygens (including phenoxy) is 1. The van der Waals surface area contributed by atoms with E-state index < -0.39 is 5.97 Å². The molecule has 1 heterocycles. The van der Waals surface area contributed by atoms with E-state index in [0.29, 0.717) is 27.5 Å². The minimum absolute atomic E-state index is 0.237. The van der Waals surface area contributed by atoms with E-state index in [1.54, 1.807) is 13.8 Å². The van der Waals surface area contributed by atoms with Crippen LogP contribution in [0, 0.1) is 6.92 Å². The van der Waals surface area contributed by atoms with Gasteiger partial charge in [-0.1, -0.05) is 30.3 Å². The molecule has 0 aliphatic rings. The van der Waals surface area contributed by atoms with Crippen LogP contribution in [0.2, 0.25) is 0 Å². The summed E-state index contributed by atoms with van der Waals surface area (Å²) in [4.78, 5) is 36.4. The maximum Gasteiger partial charge on any atom is 0.348 e. The van der Waals surface area contributed by atoms with Crippen molar-refractivity contribution < 1.29 is 19.1 Å². The molecule has 1 aromatic carbocycles. The molecule has 0 unspecified atom stereocenters. The molecule has 132 valence electrons. The standard InChI is InChI=1S/C18H20N2O4S/c1-4-24-18(23)15-11(2)14(17(25-15)20-12(3)21)16(22)19-10-13-8-6-5-7-9-13/h5-9H,4,10H2,1-3H3,(H,19,22)(H,20,21). The Kier molecular flexibility index (Phi) is 6.30. The van der Waals surface area contributed by atoms with Gasteiger partial charge in [0.15, 0.2) is 0 Å². The van der Waals surface area contributed by atoms with E-state index in [2.05, 4.69) is 10.6 Å². The summed E-state index contributed by atoms with van der Waals surface area (Å²) >= 11 is 1.05. The number of nitrogens with one attached hydrogen (secondary N) is 2. The fraction of sp³-hybridized carbons (Fsp3) is 0.278. The number of thiophene rings is 1. The van der Waals surface area contributed by atoms with Crippen molar-refractivity contribution in [1.82, 2.24) is 5.32 Å². The Bertz CT molecular complexity index is 784. The quantitative estimate of drug-likeness (QED) is 0.775. The first-order chi connectivity index (χ1) is 11.9. The highest BCUT2D eigenvalue weighted by Gasteiger charge is 2.25. The van der Waals surface area contributed by atoms with Gasteiger partial charge in [0.25, 0.3) is 5.91 Å². The maximum absolute atomic E-state index is 12.6. The Morgan fingerprint density at radius 2 is 1.84 bits per heavy atom. The van der Waals surface area contributed by atoms with E-state index in [0.717, 1.165) is 16.9 Å². The predicted octanol–water partition coefficient (Wildman–Crippen LogP) is 3.12. The molecule has 2 aromatic rings. The molecule has 0 fully saturated rings. The van der Waals surface area contributed by atoms with Crippen molar-refractivity contribution in [1.29, 1.82) is 0 Å². The summed E-state index contributed by atoms with van der Waals surface area (Å²) < 4.78 is 5.02. The molecule has 0 saturated carbocycles. The van der Waals surface area contributed by atoms with E-state index in [-0.39, 0.29) is 18.4 Å². The number of rotatable bonds is 6. The number of carbonyl (C=O) groups excluding carboxylic acids is 3. The molecule has 0 radical (unpaired) electrons. The lowest BCUT2D eigenvalue weighted by Crippen LogP contribution is -2.24. The molecule has 7 heteroatoms. The van der Waals surface area contributed by atoms with Crippen LogP contribution >= 0.6 is 11.3 Å².